The zero-order valence-corrected chi connectivity index (χ0v) is 17.7. The number of thioether (sulfide) groups is 1. The molecule has 28 heavy (non-hydrogen) atoms. The standard InChI is InChI=1S/C19H22N4O3S2/c1-11-6-13(3)18-15(7-11)12(2)8-16-21-22-19(23(16)18)27-9-17(24)20-14-4-5-28(25,26)10-14/h6-8,14H,4-5,9-10H2,1-3H3,(H,20,24)/t14-/m0/s1. The molecular formula is C19H22N4O3S2. The van der Waals surface area contributed by atoms with Crippen LogP contribution in [0.1, 0.15) is 23.1 Å². The number of aromatic nitrogens is 3. The van der Waals surface area contributed by atoms with E-state index in [1.54, 1.807) is 0 Å². The number of pyridine rings is 1. The van der Waals surface area contributed by atoms with Crippen molar-refractivity contribution in [2.45, 2.75) is 38.4 Å². The molecule has 7 nitrogen and oxygen atoms in total. The number of carbonyl (C=O) groups is 1. The van der Waals surface area contributed by atoms with Crippen LogP contribution in [0, 0.1) is 20.8 Å². The largest absolute Gasteiger partial charge is 0.352 e. The normalized spacial score (nSPS) is 18.8. The van der Waals surface area contributed by atoms with Gasteiger partial charge in [0.15, 0.2) is 20.6 Å². The Morgan fingerprint density at radius 3 is 2.71 bits per heavy atom. The second-order valence-electron chi connectivity index (χ2n) is 7.44. The second kappa shape index (κ2) is 7.04. The predicted octanol–water partition coefficient (Wildman–Crippen LogP) is 2.20. The molecule has 9 heteroatoms. The number of amides is 1. The van der Waals surface area contributed by atoms with Crippen LogP contribution < -0.4 is 5.32 Å². The Morgan fingerprint density at radius 1 is 1.21 bits per heavy atom. The second-order valence-corrected chi connectivity index (χ2v) is 10.6. The Balaban J connectivity index is 1.60. The number of hydrogen-bond acceptors (Lipinski definition) is 6. The van der Waals surface area contributed by atoms with Gasteiger partial charge in [-0.25, -0.2) is 8.42 Å². The number of nitrogens with one attached hydrogen (secondary N) is 1. The minimum absolute atomic E-state index is 0.0275. The first kappa shape index (κ1) is 19.2. The van der Waals surface area contributed by atoms with Crippen LogP contribution in [0.3, 0.4) is 0 Å². The summed E-state index contributed by atoms with van der Waals surface area (Å²) in [6.07, 6.45) is 0.481. The smallest absolute Gasteiger partial charge is 0.230 e. The first-order valence-electron chi connectivity index (χ1n) is 9.12. The van der Waals surface area contributed by atoms with E-state index in [1.165, 1.54) is 17.3 Å². The molecule has 1 N–H and O–H groups in total. The number of fused-ring (bicyclic) bond motifs is 3. The van der Waals surface area contributed by atoms with Crippen molar-refractivity contribution in [1.29, 1.82) is 0 Å². The maximum Gasteiger partial charge on any atom is 0.230 e. The van der Waals surface area contributed by atoms with Crippen LogP contribution >= 0.6 is 11.8 Å². The molecule has 1 aliphatic heterocycles. The highest BCUT2D eigenvalue weighted by Crippen LogP contribution is 2.29. The van der Waals surface area contributed by atoms with Crippen LogP contribution in [0.4, 0.5) is 0 Å². The van der Waals surface area contributed by atoms with Gasteiger partial charge in [0.1, 0.15) is 0 Å². The van der Waals surface area contributed by atoms with Crippen molar-refractivity contribution in [2.24, 2.45) is 0 Å². The molecule has 3 heterocycles. The van der Waals surface area contributed by atoms with Gasteiger partial charge >= 0.3 is 0 Å². The van der Waals surface area contributed by atoms with Gasteiger partial charge in [0.2, 0.25) is 5.91 Å². The van der Waals surface area contributed by atoms with E-state index in [1.807, 2.05) is 10.5 Å². The van der Waals surface area contributed by atoms with Crippen LogP contribution in [0.15, 0.2) is 23.4 Å². The van der Waals surface area contributed by atoms with E-state index < -0.39 is 9.84 Å². The van der Waals surface area contributed by atoms with Gasteiger partial charge < -0.3 is 5.32 Å². The number of sulfone groups is 1. The van der Waals surface area contributed by atoms with E-state index in [2.05, 4.69) is 48.4 Å². The summed E-state index contributed by atoms with van der Waals surface area (Å²) in [5.41, 5.74) is 5.27. The third-order valence-electron chi connectivity index (χ3n) is 5.03. The van der Waals surface area contributed by atoms with E-state index in [0.29, 0.717) is 11.6 Å². The van der Waals surface area contributed by atoms with Crippen LogP contribution in [0.25, 0.3) is 16.6 Å². The summed E-state index contributed by atoms with van der Waals surface area (Å²) in [6, 6.07) is 5.99. The third-order valence-corrected chi connectivity index (χ3v) is 7.72. The van der Waals surface area contributed by atoms with Crippen molar-refractivity contribution in [1.82, 2.24) is 19.9 Å². The fraction of sp³-hybridized carbons (Fsp3) is 0.421. The van der Waals surface area contributed by atoms with Gasteiger partial charge in [0.05, 0.1) is 22.8 Å². The van der Waals surface area contributed by atoms with Gasteiger partial charge in [-0.15, -0.1) is 10.2 Å². The summed E-state index contributed by atoms with van der Waals surface area (Å²) >= 11 is 1.31. The summed E-state index contributed by atoms with van der Waals surface area (Å²) in [7, 11) is -3.01. The molecule has 0 bridgehead atoms. The van der Waals surface area contributed by atoms with E-state index in [4.69, 9.17) is 0 Å². The van der Waals surface area contributed by atoms with Crippen LogP contribution in [-0.4, -0.2) is 52.2 Å². The summed E-state index contributed by atoms with van der Waals surface area (Å²) in [5.74, 6) is 0.147. The topological polar surface area (TPSA) is 93.4 Å². The summed E-state index contributed by atoms with van der Waals surface area (Å²) < 4.78 is 25.1. The lowest BCUT2D eigenvalue weighted by molar-refractivity contribution is -0.119. The zero-order chi connectivity index (χ0) is 20.1. The number of carbonyl (C=O) groups excluding carboxylic acids is 1. The lowest BCUT2D eigenvalue weighted by Crippen LogP contribution is -2.36. The highest BCUT2D eigenvalue weighted by Gasteiger charge is 2.29. The minimum Gasteiger partial charge on any atom is -0.352 e. The molecule has 0 unspecified atom stereocenters. The van der Waals surface area contributed by atoms with E-state index in [9.17, 15) is 13.2 Å². The van der Waals surface area contributed by atoms with E-state index in [-0.39, 0.29) is 29.2 Å². The quantitative estimate of drug-likeness (QED) is 0.653. The predicted molar refractivity (Wildman–Crippen MR) is 111 cm³/mol. The Labute approximate surface area is 167 Å². The molecule has 1 aliphatic rings. The molecule has 148 valence electrons. The molecular weight excluding hydrogens is 396 g/mol. The maximum absolute atomic E-state index is 12.3. The van der Waals surface area contributed by atoms with Crippen molar-refractivity contribution >= 4 is 44.1 Å². The molecule has 1 amide bonds. The molecule has 4 rings (SSSR count). The van der Waals surface area contributed by atoms with Gasteiger partial charge in [-0.3, -0.25) is 9.20 Å². The average molecular weight is 419 g/mol. The lowest BCUT2D eigenvalue weighted by Gasteiger charge is -2.12. The highest BCUT2D eigenvalue weighted by atomic mass is 32.2. The molecule has 1 fully saturated rings. The number of benzene rings is 1. The minimum atomic E-state index is -3.01. The fourth-order valence-corrected chi connectivity index (χ4v) is 6.24. The van der Waals surface area contributed by atoms with Gasteiger partial charge in [0, 0.05) is 11.4 Å². The molecule has 0 spiro atoms. The summed E-state index contributed by atoms with van der Waals surface area (Å²) in [6.45, 7) is 6.20. The van der Waals surface area contributed by atoms with Crippen molar-refractivity contribution in [2.75, 3.05) is 17.3 Å². The van der Waals surface area contributed by atoms with Crippen molar-refractivity contribution in [3.05, 3.63) is 34.9 Å². The number of hydrogen-bond donors (Lipinski definition) is 1. The molecule has 1 aromatic carbocycles. The zero-order valence-electron chi connectivity index (χ0n) is 16.0. The lowest BCUT2D eigenvalue weighted by atomic mass is 10.0. The first-order valence-corrected chi connectivity index (χ1v) is 11.9. The number of aryl methyl sites for hydroxylation is 3. The Morgan fingerprint density at radius 2 is 2.00 bits per heavy atom. The molecule has 0 saturated carbocycles. The molecule has 0 radical (unpaired) electrons. The monoisotopic (exact) mass is 418 g/mol. The molecule has 1 saturated heterocycles. The van der Waals surface area contributed by atoms with E-state index >= 15 is 0 Å². The van der Waals surface area contributed by atoms with Gasteiger partial charge in [-0.05, 0) is 50.5 Å². The van der Waals surface area contributed by atoms with Gasteiger partial charge in [0.25, 0.3) is 0 Å². The molecule has 1 atom stereocenters. The molecule has 0 aliphatic carbocycles. The maximum atomic E-state index is 12.3. The van der Waals surface area contributed by atoms with E-state index in [0.717, 1.165) is 27.7 Å². The van der Waals surface area contributed by atoms with Crippen molar-refractivity contribution < 1.29 is 13.2 Å². The van der Waals surface area contributed by atoms with Crippen LogP contribution in [-0.2, 0) is 14.6 Å². The Hall–Kier alpha value is -2.13. The number of nitrogens with zero attached hydrogens (tertiary/aromatic N) is 3. The molecule has 2 aromatic heterocycles. The summed E-state index contributed by atoms with van der Waals surface area (Å²) in [5, 5.41) is 13.2. The highest BCUT2D eigenvalue weighted by molar-refractivity contribution is 7.99. The van der Waals surface area contributed by atoms with Crippen molar-refractivity contribution in [3.8, 4) is 0 Å². The first-order chi connectivity index (χ1) is 13.2. The van der Waals surface area contributed by atoms with Gasteiger partial charge in [-0.1, -0.05) is 23.4 Å². The van der Waals surface area contributed by atoms with Crippen molar-refractivity contribution in [3.63, 3.8) is 0 Å². The molecule has 3 aromatic rings. The third kappa shape index (κ3) is 3.60. The Bertz CT molecular complexity index is 1200. The Kier molecular flexibility index (Phi) is 4.83. The van der Waals surface area contributed by atoms with Crippen LogP contribution in [0.5, 0.6) is 0 Å². The average Bonchev–Trinajstić information content (AvgIpc) is 3.15. The van der Waals surface area contributed by atoms with Crippen LogP contribution in [0.2, 0.25) is 0 Å². The SMILES string of the molecule is Cc1cc(C)c2c(c1)c(C)cc1nnc(SCC(=O)N[C@H]3CCS(=O)(=O)C3)n12. The van der Waals surface area contributed by atoms with Gasteiger partial charge in [-0.2, -0.15) is 0 Å². The number of rotatable bonds is 4. The fourth-order valence-electron chi connectivity index (χ4n) is 3.82. The summed E-state index contributed by atoms with van der Waals surface area (Å²) in [4.78, 5) is 12.3.